The van der Waals surface area contributed by atoms with Gasteiger partial charge in [-0.1, -0.05) is 5.57 Å². The Hall–Kier alpha value is 0.101. The second-order valence-corrected chi connectivity index (χ2v) is 5.28. The van der Waals surface area contributed by atoms with Gasteiger partial charge in [0.1, 0.15) is 5.78 Å². The Morgan fingerprint density at radius 3 is 2.50 bits per heavy atom. The van der Waals surface area contributed by atoms with E-state index in [0.717, 1.165) is 11.1 Å². The maximum Gasteiger partial charge on any atom is 4.00 e. The fourth-order valence-corrected chi connectivity index (χ4v) is 2.95. The van der Waals surface area contributed by atoms with E-state index in [1.807, 2.05) is 12.2 Å². The van der Waals surface area contributed by atoms with Gasteiger partial charge in [-0.15, -0.1) is 23.8 Å². The van der Waals surface area contributed by atoms with E-state index >= 15 is 0 Å². The molecule has 0 saturated carbocycles. The van der Waals surface area contributed by atoms with Gasteiger partial charge in [0.2, 0.25) is 0 Å². The third-order valence-electron chi connectivity index (χ3n) is 2.36. The van der Waals surface area contributed by atoms with E-state index in [1.54, 1.807) is 6.08 Å². The predicted molar refractivity (Wildman–Crippen MR) is 61.6 cm³/mol. The van der Waals surface area contributed by atoms with Gasteiger partial charge in [0.15, 0.2) is 0 Å². The summed E-state index contributed by atoms with van der Waals surface area (Å²) in [6.07, 6.45) is 9.30. The van der Waals surface area contributed by atoms with Crippen molar-refractivity contribution in [2.75, 3.05) is 6.61 Å². The molecular weight excluding hydrogens is 323 g/mol. The molecule has 1 heterocycles. The van der Waals surface area contributed by atoms with Crippen LogP contribution in [0.25, 0.3) is 0 Å². The molecule has 1 aliphatic heterocycles. The minimum atomic E-state index is -0.116. The average molecular weight is 335 g/mol. The van der Waals surface area contributed by atoms with Crippen molar-refractivity contribution in [1.29, 1.82) is 0 Å². The Labute approximate surface area is 137 Å². The van der Waals surface area contributed by atoms with Crippen LogP contribution >= 0.6 is 0 Å². The van der Waals surface area contributed by atoms with E-state index < -0.39 is 0 Å². The van der Waals surface area contributed by atoms with Gasteiger partial charge in [-0.05, 0) is 6.08 Å². The number of fused-ring (bicyclic) bond motifs is 2. The van der Waals surface area contributed by atoms with E-state index in [1.165, 1.54) is 10.4 Å². The Morgan fingerprint density at radius 1 is 1.39 bits per heavy atom. The molecule has 0 amide bonds. The van der Waals surface area contributed by atoms with Crippen LogP contribution in [0.5, 0.6) is 0 Å². The second-order valence-electron chi connectivity index (χ2n) is 3.51. The molecule has 2 nitrogen and oxygen atoms in total. The molecule has 18 heavy (non-hydrogen) atoms. The van der Waals surface area contributed by atoms with Gasteiger partial charge in [-0.25, -0.2) is 0 Å². The number of aliphatic hydroxyl groups is 1. The normalized spacial score (nSPS) is 18.0. The summed E-state index contributed by atoms with van der Waals surface area (Å²) < 4.78 is 0. The van der Waals surface area contributed by atoms with Gasteiger partial charge in [0.25, 0.3) is 0 Å². The van der Waals surface area contributed by atoms with Crippen LogP contribution in [0.2, 0.25) is 0 Å². The number of aliphatic hydroxyl groups excluding tert-OH is 1. The van der Waals surface area contributed by atoms with Crippen LogP contribution < -0.4 is 24.8 Å². The number of halogens is 2. The standard InChI is InChI=1S/C9H5OSi.C3H7O.2ClH.Ti/c10-6-3-1-2-5-4-7-9(11-7)8(5)6;1-2-3-4;;;/h1-3H,11H2;4H,1-3H2;2*1H;/q2*-1;;;+4/p-2. The van der Waals surface area contributed by atoms with Crippen LogP contribution in [0.4, 0.5) is 0 Å². The molecule has 0 bridgehead atoms. The first-order valence-electron chi connectivity index (χ1n) is 4.97. The molecule has 1 fully saturated rings. The molecule has 1 saturated heterocycles. The van der Waals surface area contributed by atoms with Gasteiger partial charge < -0.3 is 41.6 Å². The topological polar surface area (TPSA) is 37.3 Å². The van der Waals surface area contributed by atoms with E-state index in [-0.39, 0.29) is 68.4 Å². The molecule has 0 spiro atoms. The molecule has 94 valence electrons. The van der Waals surface area contributed by atoms with Crippen molar-refractivity contribution in [3.63, 3.8) is 0 Å². The van der Waals surface area contributed by atoms with Gasteiger partial charge in [0.05, 0.1) is 0 Å². The maximum atomic E-state index is 11.3. The Kier molecular flexibility index (Phi) is 10.3. The van der Waals surface area contributed by atoms with Gasteiger partial charge in [-0.2, -0.15) is 16.8 Å². The SMILES string of the molecule is O=C1C=CC=C2[C-]=C3[SiH2]C3=C12.[CH2-]CCO.[Cl-].[Cl-].[Ti+4]. The zero-order valence-electron chi connectivity index (χ0n) is 9.67. The summed E-state index contributed by atoms with van der Waals surface area (Å²) in [7, 11) is -0.116. The van der Waals surface area contributed by atoms with Crippen molar-refractivity contribution in [3.05, 3.63) is 52.8 Å². The van der Waals surface area contributed by atoms with E-state index in [9.17, 15) is 4.79 Å². The summed E-state index contributed by atoms with van der Waals surface area (Å²) in [6, 6.07) is 0. The molecule has 0 radical (unpaired) electrons. The van der Waals surface area contributed by atoms with E-state index in [0.29, 0.717) is 6.42 Å². The maximum absolute atomic E-state index is 11.3. The number of hydrogen-bond acceptors (Lipinski definition) is 2. The van der Waals surface area contributed by atoms with Gasteiger partial charge in [0, 0.05) is 16.1 Å². The number of hydrogen-bond donors (Lipinski definition) is 1. The van der Waals surface area contributed by atoms with Crippen molar-refractivity contribution in [2.24, 2.45) is 0 Å². The molecule has 2 aliphatic carbocycles. The molecule has 0 unspecified atom stereocenters. The summed E-state index contributed by atoms with van der Waals surface area (Å²) >= 11 is 0. The molecule has 0 aromatic rings. The first kappa shape index (κ1) is 20.4. The number of rotatable bonds is 1. The number of allylic oxidation sites excluding steroid dienone is 8. The van der Waals surface area contributed by atoms with Crippen LogP contribution in [0.15, 0.2) is 39.8 Å². The van der Waals surface area contributed by atoms with Crippen molar-refractivity contribution in [2.45, 2.75) is 6.42 Å². The third-order valence-corrected chi connectivity index (χ3v) is 3.96. The third kappa shape index (κ3) is 4.34. The average Bonchev–Trinajstić information content (AvgIpc) is 2.90. The molecule has 0 aromatic heterocycles. The summed E-state index contributed by atoms with van der Waals surface area (Å²) in [4.78, 5) is 11.3. The van der Waals surface area contributed by atoms with Gasteiger partial charge >= 0.3 is 21.7 Å². The molecule has 0 aromatic carbocycles. The number of ketones is 1. The fraction of sp³-hybridized carbons (Fsp3) is 0.167. The fourth-order valence-electron chi connectivity index (χ4n) is 1.60. The number of carbonyl (C=O) groups is 1. The van der Waals surface area contributed by atoms with Crippen LogP contribution in [0.3, 0.4) is 0 Å². The smallest absolute Gasteiger partial charge is 1.00 e. The minimum Gasteiger partial charge on any atom is -1.00 e. The monoisotopic (exact) mass is 334 g/mol. The van der Waals surface area contributed by atoms with Gasteiger partial charge in [-0.3, -0.25) is 0 Å². The molecule has 3 rings (SSSR count). The van der Waals surface area contributed by atoms with Crippen LogP contribution in [-0.2, 0) is 26.5 Å². The van der Waals surface area contributed by atoms with Crippen molar-refractivity contribution in [3.8, 4) is 0 Å². The summed E-state index contributed by atoms with van der Waals surface area (Å²) in [5.41, 5.74) is 2.00. The van der Waals surface area contributed by atoms with Crippen LogP contribution in [-0.4, -0.2) is 27.0 Å². The molecule has 3 aliphatic rings. The molecule has 6 heteroatoms. The zero-order chi connectivity index (χ0) is 10.8. The number of carbonyl (C=O) groups excluding carboxylic acids is 1. The largest absolute Gasteiger partial charge is 4.00 e. The first-order valence-corrected chi connectivity index (χ1v) is 6.39. The van der Waals surface area contributed by atoms with E-state index in [2.05, 4.69) is 13.0 Å². The Morgan fingerprint density at radius 2 is 2.00 bits per heavy atom. The Bertz CT molecular complexity index is 437. The predicted octanol–water partition coefficient (Wildman–Crippen LogP) is -5.60. The Balaban J connectivity index is 0. The first-order chi connectivity index (χ1) is 7.27. The molecule has 1 N–H and O–H groups in total. The van der Waals surface area contributed by atoms with E-state index in [4.69, 9.17) is 5.11 Å². The second kappa shape index (κ2) is 9.08. The van der Waals surface area contributed by atoms with Crippen molar-refractivity contribution < 1.29 is 56.4 Å². The summed E-state index contributed by atoms with van der Waals surface area (Å²) in [6.45, 7) is 3.56. The quantitative estimate of drug-likeness (QED) is 0.383. The van der Waals surface area contributed by atoms with Crippen molar-refractivity contribution in [1.82, 2.24) is 0 Å². The molecule has 0 atom stereocenters. The van der Waals surface area contributed by atoms with Crippen LogP contribution in [0.1, 0.15) is 6.42 Å². The van der Waals surface area contributed by atoms with Crippen LogP contribution in [0, 0.1) is 13.0 Å². The zero-order valence-corrected chi connectivity index (χ0v) is 14.2. The van der Waals surface area contributed by atoms with Crippen molar-refractivity contribution >= 4 is 15.3 Å². The minimum absolute atomic E-state index is 0. The molecular formula is C12H12Cl2O2SiTi. The summed E-state index contributed by atoms with van der Waals surface area (Å²) in [5, 5.41) is 10.6. The summed E-state index contributed by atoms with van der Waals surface area (Å²) in [5.74, 6) is 0.185.